The van der Waals surface area contributed by atoms with Gasteiger partial charge in [0.2, 0.25) is 0 Å². The number of nitrogens with one attached hydrogen (secondary N) is 1. The zero-order valence-corrected chi connectivity index (χ0v) is 13.9. The van der Waals surface area contributed by atoms with Gasteiger partial charge in [0.15, 0.2) is 11.6 Å². The topological polar surface area (TPSA) is 82.5 Å². The molecule has 3 rings (SSSR count). The van der Waals surface area contributed by atoms with E-state index in [1.165, 1.54) is 25.4 Å². The molecule has 2 aromatic rings. The predicted octanol–water partition coefficient (Wildman–Crippen LogP) is 2.18. The lowest BCUT2D eigenvalue weighted by Crippen LogP contribution is -2.19. The van der Waals surface area contributed by atoms with Gasteiger partial charge in [-0.15, -0.1) is 0 Å². The van der Waals surface area contributed by atoms with Crippen LogP contribution in [0.4, 0.5) is 10.1 Å². The molecule has 24 heavy (non-hydrogen) atoms. The summed E-state index contributed by atoms with van der Waals surface area (Å²) in [5.41, 5.74) is 0.331. The Morgan fingerprint density at radius 2 is 2.12 bits per heavy atom. The third-order valence-electron chi connectivity index (χ3n) is 3.85. The third-order valence-corrected chi connectivity index (χ3v) is 5.23. The fourth-order valence-electron chi connectivity index (χ4n) is 2.57. The van der Waals surface area contributed by atoms with Gasteiger partial charge < -0.3 is 9.47 Å². The summed E-state index contributed by atoms with van der Waals surface area (Å²) in [4.78, 5) is -0.181. The van der Waals surface area contributed by atoms with Crippen molar-refractivity contribution in [2.45, 2.75) is 23.8 Å². The van der Waals surface area contributed by atoms with E-state index in [1.54, 1.807) is 10.9 Å². The van der Waals surface area contributed by atoms with Crippen LogP contribution in [0, 0.1) is 5.82 Å². The van der Waals surface area contributed by atoms with Crippen molar-refractivity contribution in [3.63, 3.8) is 0 Å². The molecule has 0 radical (unpaired) electrons. The monoisotopic (exact) mass is 355 g/mol. The molecule has 0 bridgehead atoms. The molecule has 1 aliphatic rings. The Bertz CT molecular complexity index is 816. The van der Waals surface area contributed by atoms with Crippen LogP contribution in [0.25, 0.3) is 0 Å². The first kappa shape index (κ1) is 16.7. The van der Waals surface area contributed by atoms with Crippen LogP contribution in [-0.4, -0.2) is 38.5 Å². The molecule has 130 valence electrons. The number of methoxy groups -OCH3 is 1. The molecule has 1 aromatic heterocycles. The van der Waals surface area contributed by atoms with Crippen LogP contribution >= 0.6 is 0 Å². The largest absolute Gasteiger partial charge is 0.494 e. The van der Waals surface area contributed by atoms with Crippen LogP contribution in [0.3, 0.4) is 0 Å². The molecule has 1 fully saturated rings. The predicted molar refractivity (Wildman–Crippen MR) is 85.1 cm³/mol. The molecule has 1 saturated heterocycles. The lowest BCUT2D eigenvalue weighted by molar-refractivity contribution is 0.0662. The zero-order chi connectivity index (χ0) is 17.2. The maximum atomic E-state index is 13.7. The van der Waals surface area contributed by atoms with E-state index in [2.05, 4.69) is 9.82 Å². The Balaban J connectivity index is 1.77. The molecular formula is C15H18FN3O4S. The van der Waals surface area contributed by atoms with Gasteiger partial charge >= 0.3 is 0 Å². The van der Waals surface area contributed by atoms with Gasteiger partial charge in [0.05, 0.1) is 29.9 Å². The van der Waals surface area contributed by atoms with E-state index in [-0.39, 0.29) is 16.7 Å². The van der Waals surface area contributed by atoms with Crippen LogP contribution in [0.5, 0.6) is 5.75 Å². The number of aromatic nitrogens is 2. The number of nitrogens with zero attached hydrogens (tertiary/aromatic N) is 2. The summed E-state index contributed by atoms with van der Waals surface area (Å²) in [5, 5.41) is 4.20. The highest BCUT2D eigenvalue weighted by atomic mass is 32.2. The number of sulfonamides is 1. The molecule has 2 heterocycles. The van der Waals surface area contributed by atoms with Crippen LogP contribution in [0.1, 0.15) is 18.9 Å². The maximum Gasteiger partial charge on any atom is 0.262 e. The highest BCUT2D eigenvalue weighted by Gasteiger charge is 2.20. The fourth-order valence-corrected chi connectivity index (χ4v) is 3.61. The summed E-state index contributed by atoms with van der Waals surface area (Å²) in [7, 11) is -2.59. The lowest BCUT2D eigenvalue weighted by Gasteiger charge is -2.22. The smallest absolute Gasteiger partial charge is 0.262 e. The molecule has 1 N–H and O–H groups in total. The molecular weight excluding hydrogens is 337 g/mol. The van der Waals surface area contributed by atoms with Crippen molar-refractivity contribution in [2.75, 3.05) is 25.0 Å². The number of hydrogen-bond acceptors (Lipinski definition) is 5. The van der Waals surface area contributed by atoms with Gasteiger partial charge in [-0.05, 0) is 31.0 Å². The maximum absolute atomic E-state index is 13.7. The molecule has 7 nitrogen and oxygen atoms in total. The van der Waals surface area contributed by atoms with Crippen LogP contribution < -0.4 is 9.46 Å². The number of hydrogen-bond donors (Lipinski definition) is 1. The molecule has 0 saturated carbocycles. The van der Waals surface area contributed by atoms with Gasteiger partial charge in [0.1, 0.15) is 0 Å². The number of rotatable bonds is 5. The molecule has 0 aliphatic carbocycles. The van der Waals surface area contributed by atoms with Crippen molar-refractivity contribution < 1.29 is 22.3 Å². The molecule has 0 unspecified atom stereocenters. The van der Waals surface area contributed by atoms with Gasteiger partial charge in [-0.2, -0.15) is 5.10 Å². The minimum atomic E-state index is -3.90. The van der Waals surface area contributed by atoms with E-state index < -0.39 is 15.8 Å². The summed E-state index contributed by atoms with van der Waals surface area (Å²) in [6, 6.07) is 3.67. The Labute approximate surface area is 139 Å². The first-order valence-electron chi connectivity index (χ1n) is 7.48. The summed E-state index contributed by atoms with van der Waals surface area (Å²) >= 11 is 0. The molecule has 0 amide bonds. The van der Waals surface area contributed by atoms with Crippen LogP contribution in [0.2, 0.25) is 0 Å². The second-order valence-electron chi connectivity index (χ2n) is 5.45. The minimum absolute atomic E-state index is 0.0127. The third kappa shape index (κ3) is 3.51. The molecule has 0 spiro atoms. The van der Waals surface area contributed by atoms with Crippen molar-refractivity contribution >= 4 is 15.7 Å². The van der Waals surface area contributed by atoms with E-state index in [9.17, 15) is 12.8 Å². The Hall–Kier alpha value is -2.13. The van der Waals surface area contributed by atoms with Crippen LogP contribution in [0.15, 0.2) is 35.5 Å². The summed E-state index contributed by atoms with van der Waals surface area (Å²) in [6.07, 6.45) is 4.73. The van der Waals surface area contributed by atoms with E-state index in [0.717, 1.165) is 18.9 Å². The van der Waals surface area contributed by atoms with Crippen molar-refractivity contribution in [3.05, 3.63) is 36.4 Å². The Kier molecular flexibility index (Phi) is 4.72. The van der Waals surface area contributed by atoms with Crippen molar-refractivity contribution in [3.8, 4) is 5.75 Å². The second-order valence-corrected chi connectivity index (χ2v) is 7.14. The average molecular weight is 355 g/mol. The molecule has 1 aliphatic heterocycles. The van der Waals surface area contributed by atoms with E-state index in [0.29, 0.717) is 18.9 Å². The zero-order valence-electron chi connectivity index (χ0n) is 13.1. The summed E-state index contributed by atoms with van der Waals surface area (Å²) in [6.45, 7) is 1.33. The van der Waals surface area contributed by atoms with Gasteiger partial charge in [-0.25, -0.2) is 12.8 Å². The van der Waals surface area contributed by atoms with Crippen molar-refractivity contribution in [2.24, 2.45) is 0 Å². The number of benzene rings is 1. The quantitative estimate of drug-likeness (QED) is 0.889. The van der Waals surface area contributed by atoms with Gasteiger partial charge in [-0.3, -0.25) is 9.40 Å². The fraction of sp³-hybridized carbons (Fsp3) is 0.400. The SMILES string of the molecule is COc1ccc(S(=O)(=O)Nc2cnn(C3CCOCC3)c2)cc1F. The highest BCUT2D eigenvalue weighted by Crippen LogP contribution is 2.24. The first-order valence-corrected chi connectivity index (χ1v) is 8.96. The van der Waals surface area contributed by atoms with Gasteiger partial charge in [-0.1, -0.05) is 0 Å². The molecule has 1 aromatic carbocycles. The van der Waals surface area contributed by atoms with Gasteiger partial charge in [0, 0.05) is 19.4 Å². The van der Waals surface area contributed by atoms with Gasteiger partial charge in [0.25, 0.3) is 10.0 Å². The standard InChI is InChI=1S/C15H18FN3O4S/c1-22-15-3-2-13(8-14(15)16)24(20,21)18-11-9-17-19(10-11)12-4-6-23-7-5-12/h2-3,8-10,12,18H,4-7H2,1H3. The summed E-state index contributed by atoms with van der Waals surface area (Å²) < 4.78 is 52.7. The first-order chi connectivity index (χ1) is 11.5. The molecule has 9 heteroatoms. The molecule has 0 atom stereocenters. The van der Waals surface area contributed by atoms with Crippen molar-refractivity contribution in [1.29, 1.82) is 0 Å². The second kappa shape index (κ2) is 6.78. The Morgan fingerprint density at radius 1 is 1.38 bits per heavy atom. The summed E-state index contributed by atoms with van der Waals surface area (Å²) in [5.74, 6) is -0.750. The number of halogens is 1. The van der Waals surface area contributed by atoms with E-state index >= 15 is 0 Å². The van der Waals surface area contributed by atoms with E-state index in [4.69, 9.17) is 9.47 Å². The minimum Gasteiger partial charge on any atom is -0.494 e. The lowest BCUT2D eigenvalue weighted by atomic mass is 10.1. The van der Waals surface area contributed by atoms with Crippen molar-refractivity contribution in [1.82, 2.24) is 9.78 Å². The number of ether oxygens (including phenoxy) is 2. The number of anilines is 1. The van der Waals surface area contributed by atoms with Crippen LogP contribution in [-0.2, 0) is 14.8 Å². The highest BCUT2D eigenvalue weighted by molar-refractivity contribution is 7.92. The normalized spacial score (nSPS) is 16.1. The van der Waals surface area contributed by atoms with E-state index in [1.807, 2.05) is 0 Å². The average Bonchev–Trinajstić information content (AvgIpc) is 3.03. The Morgan fingerprint density at radius 3 is 2.79 bits per heavy atom.